The van der Waals surface area contributed by atoms with E-state index in [1.807, 2.05) is 0 Å². The van der Waals surface area contributed by atoms with Crippen LogP contribution in [0.25, 0.3) is 76.5 Å². The Labute approximate surface area is 314 Å². The van der Waals surface area contributed by atoms with Crippen molar-refractivity contribution < 1.29 is 4.42 Å². The van der Waals surface area contributed by atoms with Crippen LogP contribution in [-0.4, -0.2) is 110 Å². The van der Waals surface area contributed by atoms with E-state index in [-0.39, 0.29) is 0 Å². The highest BCUT2D eigenvalue weighted by molar-refractivity contribution is 6.73. The summed E-state index contributed by atoms with van der Waals surface area (Å²) in [5, 5.41) is 10.6. The van der Waals surface area contributed by atoms with Gasteiger partial charge in [-0.25, -0.2) is 0 Å². The van der Waals surface area contributed by atoms with Crippen LogP contribution < -0.4 is 76.5 Å². The third kappa shape index (κ3) is 4.42. The Morgan fingerprint density at radius 1 is 0.255 bits per heavy atom. The molecule has 0 aliphatic carbocycles. The molecule has 15 heteroatoms. The minimum absolute atomic E-state index is 1.03. The summed E-state index contributed by atoms with van der Waals surface area (Å²) in [5.74, 6) is 0. The standard InChI is InChI=1S/C36H36B14O/c37-21-17(26(42)33(49)35-19(21)20-27(43)31(47)32(48)34(50)36(20)51-35)14-11-7-3-1-5-9(11)13(10-6-2-4-8-12(10)14)15-16-18(24(40)28(44)22(15)38)25(41)30(46)29(45)23(16)39/h1-8H,37-50H2. The molecule has 0 aliphatic rings. The molecule has 1 nitrogen and oxygen atoms in total. The Morgan fingerprint density at radius 3 is 1.04 bits per heavy atom. The van der Waals surface area contributed by atoms with Crippen LogP contribution in [0.5, 0.6) is 0 Å². The van der Waals surface area contributed by atoms with Crippen molar-refractivity contribution in [1.29, 1.82) is 0 Å². The third-order valence-corrected chi connectivity index (χ3v) is 13.6. The summed E-state index contributed by atoms with van der Waals surface area (Å²) in [7, 11) is 32.1. The molecule has 0 aliphatic heterocycles. The molecule has 0 radical (unpaired) electrons. The van der Waals surface area contributed by atoms with Crippen LogP contribution in [-0.2, 0) is 0 Å². The van der Waals surface area contributed by atoms with E-state index >= 15 is 0 Å². The summed E-state index contributed by atoms with van der Waals surface area (Å²) >= 11 is 0. The number of hydrogen-bond donors (Lipinski definition) is 0. The van der Waals surface area contributed by atoms with Crippen molar-refractivity contribution >= 4 is 241 Å². The molecular formula is C36H36B14O. The topological polar surface area (TPSA) is 13.1 Å². The molecule has 8 aromatic rings. The van der Waals surface area contributed by atoms with Crippen molar-refractivity contribution in [3.63, 3.8) is 0 Å². The van der Waals surface area contributed by atoms with E-state index in [0.717, 1.165) is 11.2 Å². The minimum atomic E-state index is 1.03. The second kappa shape index (κ2) is 11.8. The van der Waals surface area contributed by atoms with Gasteiger partial charge in [0.15, 0.2) is 0 Å². The molecule has 0 N–H and O–H groups in total. The predicted molar refractivity (Wildman–Crippen MR) is 272 cm³/mol. The highest BCUT2D eigenvalue weighted by Crippen LogP contribution is 2.43. The van der Waals surface area contributed by atoms with Gasteiger partial charge in [-0.3, -0.25) is 0 Å². The average molecular weight is 636 g/mol. The highest BCUT2D eigenvalue weighted by Gasteiger charge is 2.27. The smallest absolute Gasteiger partial charge is 0.143 e. The lowest BCUT2D eigenvalue weighted by Crippen LogP contribution is -2.52. The molecule has 8 rings (SSSR count). The van der Waals surface area contributed by atoms with Gasteiger partial charge in [0, 0.05) is 10.8 Å². The molecule has 7 aromatic carbocycles. The maximum Gasteiger partial charge on any atom is 0.143 e. The van der Waals surface area contributed by atoms with Gasteiger partial charge < -0.3 is 4.42 Å². The van der Waals surface area contributed by atoms with Crippen molar-refractivity contribution in [3.8, 4) is 22.3 Å². The Kier molecular flexibility index (Phi) is 7.88. The third-order valence-electron chi connectivity index (χ3n) is 13.6. The Hall–Kier alpha value is -3.97. The lowest BCUT2D eigenvalue weighted by Gasteiger charge is -2.27. The molecular weight excluding hydrogens is 600 g/mol. The van der Waals surface area contributed by atoms with Gasteiger partial charge in [-0.1, -0.05) is 103 Å². The summed E-state index contributed by atoms with van der Waals surface area (Å²) in [5.41, 5.74) is 26.3. The summed E-state index contributed by atoms with van der Waals surface area (Å²) < 4.78 is 6.85. The second-order valence-corrected chi connectivity index (χ2v) is 15.6. The van der Waals surface area contributed by atoms with Gasteiger partial charge in [0.25, 0.3) is 0 Å². The zero-order valence-corrected chi connectivity index (χ0v) is 33.0. The number of rotatable bonds is 2. The minimum Gasteiger partial charge on any atom is -0.457 e. The van der Waals surface area contributed by atoms with Crippen LogP contribution in [0.2, 0.25) is 0 Å². The fourth-order valence-corrected chi connectivity index (χ4v) is 9.65. The van der Waals surface area contributed by atoms with Crippen LogP contribution in [0.1, 0.15) is 0 Å². The van der Waals surface area contributed by atoms with E-state index in [0.29, 0.717) is 0 Å². The van der Waals surface area contributed by atoms with Crippen molar-refractivity contribution in [2.75, 3.05) is 0 Å². The number of fused-ring (bicyclic) bond motifs is 6. The fraction of sp³-hybridized carbons (Fsp3) is 0. The number of hydrogen-bond acceptors (Lipinski definition) is 1. The van der Waals surface area contributed by atoms with E-state index in [2.05, 4.69) is 158 Å². The van der Waals surface area contributed by atoms with E-state index < -0.39 is 0 Å². The molecule has 51 heavy (non-hydrogen) atoms. The molecule has 228 valence electrons. The van der Waals surface area contributed by atoms with Gasteiger partial charge in [-0.2, -0.15) is 0 Å². The largest absolute Gasteiger partial charge is 0.457 e. The van der Waals surface area contributed by atoms with Gasteiger partial charge in [-0.15, -0.1) is 21.9 Å². The van der Waals surface area contributed by atoms with Crippen molar-refractivity contribution in [1.82, 2.24) is 0 Å². The zero-order chi connectivity index (χ0) is 36.5. The predicted octanol–water partition coefficient (Wildman–Crippen LogP) is -14.0. The first-order valence-corrected chi connectivity index (χ1v) is 18.6. The fourth-order valence-electron chi connectivity index (χ4n) is 9.65. The lowest BCUT2D eigenvalue weighted by molar-refractivity contribution is 0.675. The molecule has 1 aromatic heterocycles. The monoisotopic (exact) mass is 638 g/mol. The van der Waals surface area contributed by atoms with Crippen molar-refractivity contribution in [2.45, 2.75) is 0 Å². The maximum atomic E-state index is 6.85. The average Bonchev–Trinajstić information content (AvgIpc) is 3.54. The first-order valence-electron chi connectivity index (χ1n) is 18.6. The van der Waals surface area contributed by atoms with Gasteiger partial charge >= 0.3 is 0 Å². The molecule has 0 bridgehead atoms. The van der Waals surface area contributed by atoms with Crippen molar-refractivity contribution in [3.05, 3.63) is 48.5 Å². The summed E-state index contributed by atoms with van der Waals surface area (Å²) in [4.78, 5) is 0. The molecule has 0 saturated carbocycles. The molecule has 0 saturated heterocycles. The van der Waals surface area contributed by atoms with E-state index in [4.69, 9.17) is 4.42 Å². The van der Waals surface area contributed by atoms with Crippen LogP contribution in [0.3, 0.4) is 0 Å². The Balaban J connectivity index is 1.62. The van der Waals surface area contributed by atoms with E-state index in [1.54, 1.807) is 0 Å². The normalized spacial score (nSPS) is 11.8. The molecule has 0 fully saturated rings. The Morgan fingerprint density at radius 2 is 0.569 bits per heavy atom. The Bertz CT molecular complexity index is 2850. The van der Waals surface area contributed by atoms with Crippen LogP contribution in [0.4, 0.5) is 0 Å². The number of benzene rings is 7. The first kappa shape index (κ1) is 34.1. The first-order chi connectivity index (χ1) is 24.2. The quantitative estimate of drug-likeness (QED) is 0.136. The zero-order valence-electron chi connectivity index (χ0n) is 33.0. The molecule has 0 spiro atoms. The summed E-state index contributed by atoms with van der Waals surface area (Å²) in [6.07, 6.45) is 0. The van der Waals surface area contributed by atoms with E-state index in [9.17, 15) is 0 Å². The summed E-state index contributed by atoms with van der Waals surface area (Å²) in [6, 6.07) is 18.4. The van der Waals surface area contributed by atoms with Gasteiger partial charge in [-0.05, 0) is 54.6 Å². The van der Waals surface area contributed by atoms with Gasteiger partial charge in [0.2, 0.25) is 0 Å². The summed E-state index contributed by atoms with van der Waals surface area (Å²) in [6.45, 7) is 0. The molecule has 0 unspecified atom stereocenters. The molecule has 0 amide bonds. The van der Waals surface area contributed by atoms with Crippen molar-refractivity contribution in [2.24, 2.45) is 0 Å². The SMILES string of the molecule is Bc1c(B)c(B)c2c(oc3c(B)c(B)c(-c4c5ccccc5c(-c5c(B)c(B)c(B)c6c(B)c(B)c(B)c(B)c56)c5ccccc45)c(B)c32)c1B. The molecule has 0 atom stereocenters. The second-order valence-electron chi connectivity index (χ2n) is 15.6. The van der Waals surface area contributed by atoms with Crippen LogP contribution in [0.15, 0.2) is 52.9 Å². The van der Waals surface area contributed by atoms with Gasteiger partial charge in [0.1, 0.15) is 121 Å². The van der Waals surface area contributed by atoms with Crippen LogP contribution in [0, 0.1) is 0 Å². The highest BCUT2D eigenvalue weighted by atomic mass is 16.3. The molecule has 1 heterocycles. The van der Waals surface area contributed by atoms with E-state index in [1.165, 1.54) is 142 Å². The van der Waals surface area contributed by atoms with Crippen LogP contribution >= 0.6 is 0 Å². The number of furan rings is 1. The maximum absolute atomic E-state index is 6.85. The van der Waals surface area contributed by atoms with Gasteiger partial charge in [0.05, 0.1) is 0 Å². The lowest BCUT2D eigenvalue weighted by atomic mass is 9.58.